The van der Waals surface area contributed by atoms with Crippen molar-refractivity contribution >= 4 is 147 Å². The molecule has 0 unspecified atom stereocenters. The second kappa shape index (κ2) is 50.6. The summed E-state index contributed by atoms with van der Waals surface area (Å²) in [6.07, 6.45) is -0.348. The van der Waals surface area contributed by atoms with E-state index in [1.54, 1.807) is 266 Å². The minimum Gasteiger partial charge on any atom is -0.481 e. The number of hydrogen-bond acceptors (Lipinski definition) is 26. The Morgan fingerprint density at radius 1 is 0.252 bits per heavy atom. The van der Waals surface area contributed by atoms with Crippen LogP contribution in [0.3, 0.4) is 0 Å². The molecule has 0 atom stereocenters. The van der Waals surface area contributed by atoms with E-state index in [1.165, 1.54) is 67.5 Å². The lowest BCUT2D eigenvalue weighted by molar-refractivity contribution is -0.171. The average molecular weight is 2020 g/mol. The lowest BCUT2D eigenvalue weighted by Crippen LogP contribution is -2.37. The van der Waals surface area contributed by atoms with Gasteiger partial charge < -0.3 is 125 Å². The molecule has 0 spiro atoms. The summed E-state index contributed by atoms with van der Waals surface area (Å²) in [5.41, 5.74) is 1.91. The number of amides is 8. The molecule has 39 nitrogen and oxygen atoms in total. The largest absolute Gasteiger partial charge is 0.481 e. The van der Waals surface area contributed by atoms with E-state index in [0.717, 1.165) is 22.0 Å². The van der Waals surface area contributed by atoms with Crippen molar-refractivity contribution in [3.63, 3.8) is 0 Å². The zero-order chi connectivity index (χ0) is 108. The van der Waals surface area contributed by atoms with Crippen LogP contribution in [0.15, 0.2) is 279 Å². The quantitative estimate of drug-likeness (QED) is 0.00959. The van der Waals surface area contributed by atoms with Crippen LogP contribution in [0, 0.1) is 0 Å². The fourth-order valence-electron chi connectivity index (χ4n) is 12.4. The van der Waals surface area contributed by atoms with E-state index >= 15 is 0 Å². The Morgan fingerprint density at radius 2 is 0.483 bits per heavy atom. The highest BCUT2D eigenvalue weighted by Gasteiger charge is 2.34. The fourth-order valence-corrected chi connectivity index (χ4v) is 12.4. The van der Waals surface area contributed by atoms with Crippen molar-refractivity contribution in [1.29, 1.82) is 0 Å². The van der Waals surface area contributed by atoms with Gasteiger partial charge in [-0.1, -0.05) is 18.2 Å². The van der Waals surface area contributed by atoms with Crippen LogP contribution in [-0.2, 0) is 63.9 Å². The third-order valence-electron chi connectivity index (χ3n) is 20.3. The minimum atomic E-state index is -1.39. The van der Waals surface area contributed by atoms with Crippen molar-refractivity contribution in [3.05, 3.63) is 301 Å². The number of nitrogens with one attached hydrogen (secondary N) is 9. The summed E-state index contributed by atoms with van der Waals surface area (Å²) in [5.74, 6) is -6.05. The van der Waals surface area contributed by atoms with Crippen molar-refractivity contribution in [2.24, 2.45) is 0 Å². The first-order valence-corrected chi connectivity index (χ1v) is 45.0. The maximum absolute atomic E-state index is 12.9. The number of fused-ring (bicyclic) bond motifs is 1. The van der Waals surface area contributed by atoms with Crippen molar-refractivity contribution in [2.75, 3.05) is 47.9 Å². The molecule has 0 aromatic heterocycles. The first-order valence-electron chi connectivity index (χ1n) is 45.0. The molecule has 0 saturated heterocycles. The van der Waals surface area contributed by atoms with Crippen LogP contribution in [0.5, 0.6) is 51.7 Å². The number of aliphatic carboxylic acids is 5. The Bertz CT molecular complexity index is 6600. The van der Waals surface area contributed by atoms with E-state index in [4.69, 9.17) is 67.4 Å². The summed E-state index contributed by atoms with van der Waals surface area (Å²) in [6.45, 7) is 22.9. The number of ether oxygens (including phenoxy) is 11. The molecule has 147 heavy (non-hydrogen) atoms. The molecule has 39 heteroatoms. The molecule has 768 valence electrons. The van der Waals surface area contributed by atoms with Crippen LogP contribution in [0.25, 0.3) is 10.8 Å². The lowest BCUT2D eigenvalue weighted by Gasteiger charge is -2.24. The number of carbonyl (C=O) groups is 14. The number of urea groups is 2. The van der Waals surface area contributed by atoms with Gasteiger partial charge in [-0.05, 0) is 333 Å². The van der Waals surface area contributed by atoms with Crippen molar-refractivity contribution in [3.8, 4) is 51.7 Å². The van der Waals surface area contributed by atoms with Crippen LogP contribution in [-0.4, -0.2) is 150 Å². The molecule has 8 amide bonds. The standard InChI is InChI=1S/C34H32N2O9.C32H32N2O7.C28H30N4O8.C14H17NO6/c1-33(2,32(40)41)44-28-17-9-24(10-18-28)35-30(38)22-5-13-26(14-6-22)43-27-15-7-23(8-16-27)31(39)36-25-11-19-29(20-12-25)45-34(3,4)42-21-37;1-31(2,30(37)38)40-27-15-11-26(12-16-27)34-29(36)24-8-7-22-17-21(5-6-23(22)18-24)19-33-25-9-13-28(14-10-25)41-32(3,4)39-20-35;1-27(2,24(34)35)39-22-13-9-20(10-14-22)31-25(36)29-18-5-7-19(8-6-18)30-26(37)32-21-11-15-23(16-12-21)40-28(3,4)38-17-33;1-14(2,13(19)20)21-10-5-3-9(4-6-10)15-11(16)7-8-12(17)18/h5-21H,1-4H3,(H,35,38)(H,36,39)(H,40,41);5-18,20,33H,19H2,1-4H3,(H,34,36)(H,37,38);5-17H,1-4H3,(H,34,35)(H2,29,31,36)(H2,30,32,37);3-6H,7-8H2,1-2H3,(H,15,16)(H,17,18)(H,19,20). The van der Waals surface area contributed by atoms with Crippen molar-refractivity contribution in [1.82, 2.24) is 0 Å². The van der Waals surface area contributed by atoms with Gasteiger partial charge in [0, 0.05) is 122 Å². The lowest BCUT2D eigenvalue weighted by atomic mass is 10.0. The molecule has 12 aromatic rings. The Morgan fingerprint density at radius 3 is 0.762 bits per heavy atom. The number of carbonyl (C=O) groups excluding carboxylic acids is 9. The van der Waals surface area contributed by atoms with Gasteiger partial charge in [0.1, 0.15) is 51.7 Å². The Hall–Kier alpha value is -18.7. The number of benzene rings is 12. The van der Waals surface area contributed by atoms with E-state index in [1.807, 2.05) is 36.4 Å². The van der Waals surface area contributed by atoms with E-state index in [9.17, 15) is 77.3 Å². The van der Waals surface area contributed by atoms with Gasteiger partial charge >= 0.3 is 41.9 Å². The van der Waals surface area contributed by atoms with Gasteiger partial charge in [0.25, 0.3) is 37.1 Å². The van der Waals surface area contributed by atoms with Crippen LogP contribution in [0.2, 0.25) is 0 Å². The number of rotatable bonds is 43. The van der Waals surface area contributed by atoms with Crippen LogP contribution in [0.4, 0.5) is 60.8 Å². The molecule has 12 aromatic carbocycles. The van der Waals surface area contributed by atoms with Gasteiger partial charge in [-0.2, -0.15) is 0 Å². The second-order valence-electron chi connectivity index (χ2n) is 35.4. The van der Waals surface area contributed by atoms with Crippen molar-refractivity contribution < 1.29 is 145 Å². The molecule has 0 saturated carbocycles. The third-order valence-corrected chi connectivity index (χ3v) is 20.3. The average Bonchev–Trinajstić information content (AvgIpc) is 0.808. The predicted octanol–water partition coefficient (Wildman–Crippen LogP) is 20.0. The Labute approximate surface area is 844 Å². The Kier molecular flexibility index (Phi) is 38.5. The van der Waals surface area contributed by atoms with Crippen LogP contribution < -0.4 is 85.7 Å². The molecular formula is C108H111N9O30. The first kappa shape index (κ1) is 112. The number of anilines is 9. The van der Waals surface area contributed by atoms with E-state index in [0.29, 0.717) is 140 Å². The second-order valence-corrected chi connectivity index (χ2v) is 35.4. The first-order chi connectivity index (χ1) is 69.3. The molecular weight excluding hydrogens is 1900 g/mol. The summed E-state index contributed by atoms with van der Waals surface area (Å²) in [6, 6.07) is 76.1. The van der Waals surface area contributed by atoms with Crippen LogP contribution in [0.1, 0.15) is 146 Å². The maximum atomic E-state index is 12.9. The summed E-state index contributed by atoms with van der Waals surface area (Å²) in [5, 5.41) is 72.0. The van der Waals surface area contributed by atoms with E-state index < -0.39 is 87.6 Å². The molecule has 12 rings (SSSR count). The Balaban J connectivity index is 0.000000224. The zero-order valence-electron chi connectivity index (χ0n) is 82.4. The van der Waals surface area contributed by atoms with Gasteiger partial charge in [0.2, 0.25) is 23.3 Å². The van der Waals surface area contributed by atoms with Crippen molar-refractivity contribution in [2.45, 2.75) is 156 Å². The smallest absolute Gasteiger partial charge is 0.347 e. The van der Waals surface area contributed by atoms with Gasteiger partial charge in [-0.15, -0.1) is 0 Å². The minimum absolute atomic E-state index is 0.111. The predicted molar refractivity (Wildman–Crippen MR) is 545 cm³/mol. The fraction of sp³-hybridized carbons (Fsp3) is 0.222. The molecule has 0 radical (unpaired) electrons. The molecule has 0 aliphatic rings. The van der Waals surface area contributed by atoms with Gasteiger partial charge in [-0.3, -0.25) is 38.4 Å². The maximum Gasteiger partial charge on any atom is 0.347 e. The molecule has 0 fully saturated rings. The molecule has 0 aliphatic carbocycles. The highest BCUT2D eigenvalue weighted by molar-refractivity contribution is 6.08. The highest BCUT2D eigenvalue weighted by atomic mass is 16.7. The van der Waals surface area contributed by atoms with E-state index in [2.05, 4.69) is 53.9 Å². The van der Waals surface area contributed by atoms with E-state index in [-0.39, 0.29) is 30.6 Å². The van der Waals surface area contributed by atoms with Gasteiger partial charge in [-0.25, -0.2) is 28.8 Å². The topological polar surface area (TPSA) is 550 Å². The summed E-state index contributed by atoms with van der Waals surface area (Å²) in [7, 11) is 0. The van der Waals surface area contributed by atoms with Crippen LogP contribution >= 0.6 is 0 Å². The highest BCUT2D eigenvalue weighted by Crippen LogP contribution is 2.33. The van der Waals surface area contributed by atoms with Gasteiger partial charge in [0.15, 0.2) is 22.4 Å². The summed E-state index contributed by atoms with van der Waals surface area (Å²) < 4.78 is 59.0. The summed E-state index contributed by atoms with van der Waals surface area (Å²) >= 11 is 0. The molecule has 14 N–H and O–H groups in total. The number of carboxylic acid groups (broad SMARTS) is 5. The summed E-state index contributed by atoms with van der Waals surface area (Å²) in [4.78, 5) is 161. The number of carboxylic acids is 5. The molecule has 0 aliphatic heterocycles. The van der Waals surface area contributed by atoms with Gasteiger partial charge in [0.05, 0.1) is 6.42 Å². The monoisotopic (exact) mass is 2010 g/mol. The zero-order valence-corrected chi connectivity index (χ0v) is 82.4. The normalized spacial score (nSPS) is 11.1. The molecule has 0 heterocycles. The molecule has 0 bridgehead atoms. The number of hydrogen-bond donors (Lipinski definition) is 14. The SMILES string of the molecule is CC(C)(OC=O)Oc1ccc(NC(=O)Nc2ccc(NC(=O)Nc3ccc(OC(C)(C)C(=O)O)cc3)cc2)cc1.CC(C)(OC=O)Oc1ccc(NC(=O)c2ccc(Oc3ccc(C(=O)Nc4ccc(OC(C)(C)C(=O)O)cc4)cc3)cc2)cc1.CC(C)(OC=O)Oc1ccc(NCc2ccc3cc(C(=O)Nc4ccc(OC(C)(C)C(=O)O)cc4)ccc3c2)cc1.CC(C)(Oc1ccc(NC(=O)CCC(=O)O)cc1)C(=O)O. The third kappa shape index (κ3) is 37.0.